The van der Waals surface area contributed by atoms with E-state index in [2.05, 4.69) is 43.7 Å². The molecule has 0 N–H and O–H groups in total. The summed E-state index contributed by atoms with van der Waals surface area (Å²) < 4.78 is 19.9. The number of carbonyl (C=O) groups is 1. The van der Waals surface area contributed by atoms with Crippen molar-refractivity contribution in [1.29, 1.82) is 0 Å². The maximum atomic E-state index is 13.6. The van der Waals surface area contributed by atoms with E-state index in [-0.39, 0.29) is 10.6 Å². The summed E-state index contributed by atoms with van der Waals surface area (Å²) in [6.45, 7) is 13.6. The van der Waals surface area contributed by atoms with E-state index in [0.717, 1.165) is 26.1 Å². The van der Waals surface area contributed by atoms with Crippen molar-refractivity contribution in [2.45, 2.75) is 45.3 Å². The quantitative estimate of drug-likeness (QED) is 0.464. The van der Waals surface area contributed by atoms with Gasteiger partial charge in [-0.2, -0.15) is 4.39 Å². The van der Waals surface area contributed by atoms with E-state index >= 15 is 0 Å². The number of hydrogen-bond acceptors (Lipinski definition) is 4. The Bertz CT molecular complexity index is 572. The fourth-order valence-electron chi connectivity index (χ4n) is 2.42. The number of carbonyl (C=O) groups excluding carboxylic acids is 1. The normalized spacial score (nSPS) is 19.2. The third kappa shape index (κ3) is 4.17. The Balaban J connectivity index is 1.94. The lowest BCUT2D eigenvalue weighted by molar-refractivity contribution is 0.111. The lowest BCUT2D eigenvalue weighted by Crippen LogP contribution is -2.42. The number of aromatic nitrogens is 1. The number of anilines is 1. The molecule has 0 unspecified atom stereocenters. The SMILES string of the molecule is CC(C)(C)[Si](C)(C)OC[C@H]1CCN(c2ccc(C=O)c(F)n2)C1. The fourth-order valence-corrected chi connectivity index (χ4v) is 3.50. The van der Waals surface area contributed by atoms with Crippen molar-refractivity contribution in [2.75, 3.05) is 24.6 Å². The first kappa shape index (κ1) is 18.1. The van der Waals surface area contributed by atoms with Crippen molar-refractivity contribution in [2.24, 2.45) is 5.92 Å². The standard InChI is InChI=1S/C17H27FN2O2Si/c1-17(2,3)23(4,5)22-12-13-8-9-20(10-13)15-7-6-14(11-21)16(18)19-15/h6-7,11,13H,8-10,12H2,1-5H3/t13-/m0/s1. The van der Waals surface area contributed by atoms with Crippen LogP contribution in [0.3, 0.4) is 0 Å². The van der Waals surface area contributed by atoms with Crippen LogP contribution in [0.5, 0.6) is 0 Å². The molecule has 23 heavy (non-hydrogen) atoms. The summed E-state index contributed by atoms with van der Waals surface area (Å²) >= 11 is 0. The number of pyridine rings is 1. The molecule has 2 heterocycles. The molecule has 0 saturated carbocycles. The minimum atomic E-state index is -1.73. The molecule has 0 aromatic carbocycles. The summed E-state index contributed by atoms with van der Waals surface area (Å²) in [6, 6.07) is 3.20. The van der Waals surface area contributed by atoms with Gasteiger partial charge in [-0.3, -0.25) is 4.79 Å². The van der Waals surface area contributed by atoms with Crippen LogP contribution in [0.4, 0.5) is 10.2 Å². The number of aldehydes is 1. The topological polar surface area (TPSA) is 42.4 Å². The Labute approximate surface area is 139 Å². The van der Waals surface area contributed by atoms with Gasteiger partial charge in [-0.25, -0.2) is 4.98 Å². The molecule has 6 heteroatoms. The summed E-state index contributed by atoms with van der Waals surface area (Å²) in [5, 5.41) is 0.209. The minimum Gasteiger partial charge on any atom is -0.416 e. The molecule has 0 spiro atoms. The van der Waals surface area contributed by atoms with Gasteiger partial charge in [-0.15, -0.1) is 0 Å². The second-order valence-corrected chi connectivity index (χ2v) is 12.6. The van der Waals surface area contributed by atoms with Crippen LogP contribution >= 0.6 is 0 Å². The summed E-state index contributed by atoms with van der Waals surface area (Å²) in [5.41, 5.74) is 0.00533. The highest BCUT2D eigenvalue weighted by molar-refractivity contribution is 6.74. The van der Waals surface area contributed by atoms with E-state index in [1.165, 1.54) is 6.07 Å². The second kappa shape index (κ2) is 6.69. The van der Waals surface area contributed by atoms with Gasteiger partial charge in [0.05, 0.1) is 5.56 Å². The van der Waals surface area contributed by atoms with Crippen molar-refractivity contribution >= 4 is 20.4 Å². The Kier molecular flexibility index (Phi) is 5.26. The molecule has 1 aliphatic rings. The lowest BCUT2D eigenvalue weighted by atomic mass is 10.1. The molecule has 1 fully saturated rings. The highest BCUT2D eigenvalue weighted by Crippen LogP contribution is 2.37. The summed E-state index contributed by atoms with van der Waals surface area (Å²) in [7, 11) is -1.73. The van der Waals surface area contributed by atoms with Crippen LogP contribution < -0.4 is 4.90 Å². The summed E-state index contributed by atoms with van der Waals surface area (Å²) in [4.78, 5) is 16.6. The molecule has 128 valence electrons. The van der Waals surface area contributed by atoms with Gasteiger partial charge in [0, 0.05) is 25.6 Å². The third-order valence-electron chi connectivity index (χ3n) is 5.09. The highest BCUT2D eigenvalue weighted by Gasteiger charge is 2.38. The molecule has 0 aliphatic carbocycles. The predicted octanol–water partition coefficient (Wildman–Crippen LogP) is 3.88. The van der Waals surface area contributed by atoms with Crippen LogP contribution in [-0.2, 0) is 4.43 Å². The first-order valence-electron chi connectivity index (χ1n) is 8.14. The third-order valence-corrected chi connectivity index (χ3v) is 9.59. The number of rotatable bonds is 5. The molecule has 2 rings (SSSR count). The molecule has 1 atom stereocenters. The monoisotopic (exact) mass is 338 g/mol. The van der Waals surface area contributed by atoms with Gasteiger partial charge < -0.3 is 9.33 Å². The zero-order chi connectivity index (χ0) is 17.3. The van der Waals surface area contributed by atoms with Gasteiger partial charge in [0.15, 0.2) is 14.6 Å². The zero-order valence-corrected chi connectivity index (χ0v) is 15.7. The van der Waals surface area contributed by atoms with Crippen molar-refractivity contribution in [3.05, 3.63) is 23.6 Å². The van der Waals surface area contributed by atoms with E-state index in [0.29, 0.717) is 18.0 Å². The van der Waals surface area contributed by atoms with Crippen molar-refractivity contribution < 1.29 is 13.6 Å². The largest absolute Gasteiger partial charge is 0.416 e. The Morgan fingerprint density at radius 2 is 2.13 bits per heavy atom. The first-order chi connectivity index (χ1) is 10.6. The summed E-state index contributed by atoms with van der Waals surface area (Å²) in [6.07, 6.45) is 1.51. The number of hydrogen-bond donors (Lipinski definition) is 0. The zero-order valence-electron chi connectivity index (χ0n) is 14.7. The fraction of sp³-hybridized carbons (Fsp3) is 0.647. The predicted molar refractivity (Wildman–Crippen MR) is 93.1 cm³/mol. The van der Waals surface area contributed by atoms with Crippen LogP contribution in [0.1, 0.15) is 37.6 Å². The Hall–Kier alpha value is -1.27. The second-order valence-electron chi connectivity index (χ2n) is 7.84. The molecule has 0 bridgehead atoms. The molecule has 0 radical (unpaired) electrons. The van der Waals surface area contributed by atoms with E-state index < -0.39 is 14.3 Å². The Morgan fingerprint density at radius 3 is 2.70 bits per heavy atom. The average molecular weight is 338 g/mol. The molecular formula is C17H27FN2O2Si. The lowest BCUT2D eigenvalue weighted by Gasteiger charge is -2.37. The maximum absolute atomic E-state index is 13.6. The van der Waals surface area contributed by atoms with Gasteiger partial charge in [-0.05, 0) is 36.7 Å². The molecule has 0 amide bonds. The van der Waals surface area contributed by atoms with Crippen LogP contribution in [0.25, 0.3) is 0 Å². The van der Waals surface area contributed by atoms with Crippen molar-refractivity contribution in [3.63, 3.8) is 0 Å². The number of nitrogens with zero attached hydrogens (tertiary/aromatic N) is 2. The first-order valence-corrected chi connectivity index (χ1v) is 11.1. The van der Waals surface area contributed by atoms with Gasteiger partial charge in [0.1, 0.15) is 5.82 Å². The van der Waals surface area contributed by atoms with E-state index in [9.17, 15) is 9.18 Å². The van der Waals surface area contributed by atoms with Crippen molar-refractivity contribution in [1.82, 2.24) is 4.98 Å². The van der Waals surface area contributed by atoms with Crippen LogP contribution in [0.2, 0.25) is 18.1 Å². The van der Waals surface area contributed by atoms with E-state index in [1.807, 2.05) is 0 Å². The highest BCUT2D eigenvalue weighted by atomic mass is 28.4. The Morgan fingerprint density at radius 1 is 1.43 bits per heavy atom. The molecule has 1 saturated heterocycles. The van der Waals surface area contributed by atoms with Crippen molar-refractivity contribution in [3.8, 4) is 0 Å². The summed E-state index contributed by atoms with van der Waals surface area (Å²) in [5.74, 6) is 0.348. The van der Waals surface area contributed by atoms with Gasteiger partial charge in [0.25, 0.3) is 0 Å². The van der Waals surface area contributed by atoms with E-state index in [4.69, 9.17) is 4.43 Å². The molecule has 1 aromatic rings. The number of halogens is 1. The maximum Gasteiger partial charge on any atom is 0.225 e. The molecular weight excluding hydrogens is 311 g/mol. The van der Waals surface area contributed by atoms with Crippen LogP contribution in [0.15, 0.2) is 12.1 Å². The average Bonchev–Trinajstić information content (AvgIpc) is 2.93. The van der Waals surface area contributed by atoms with E-state index in [1.54, 1.807) is 6.07 Å². The molecule has 4 nitrogen and oxygen atoms in total. The minimum absolute atomic E-state index is 0.00533. The smallest absolute Gasteiger partial charge is 0.225 e. The molecule has 1 aliphatic heterocycles. The van der Waals surface area contributed by atoms with Gasteiger partial charge in [-0.1, -0.05) is 20.8 Å². The van der Waals surface area contributed by atoms with Crippen LogP contribution in [-0.4, -0.2) is 39.3 Å². The molecule has 1 aromatic heterocycles. The van der Waals surface area contributed by atoms with Gasteiger partial charge >= 0.3 is 0 Å². The van der Waals surface area contributed by atoms with Crippen LogP contribution in [0, 0.1) is 11.9 Å². The van der Waals surface area contributed by atoms with Gasteiger partial charge in [0.2, 0.25) is 5.95 Å².